The number of aliphatic hydroxyl groups excluding tert-OH is 1. The van der Waals surface area contributed by atoms with Crippen molar-refractivity contribution in [2.24, 2.45) is 0 Å². The third-order valence-corrected chi connectivity index (χ3v) is 4.25. The zero-order valence-corrected chi connectivity index (χ0v) is 11.3. The van der Waals surface area contributed by atoms with Gasteiger partial charge in [0.15, 0.2) is 0 Å². The van der Waals surface area contributed by atoms with Gasteiger partial charge in [0.1, 0.15) is 0 Å². The minimum absolute atomic E-state index is 0.129. The van der Waals surface area contributed by atoms with Crippen LogP contribution in [0.5, 0.6) is 0 Å². The number of rotatable bonds is 5. The summed E-state index contributed by atoms with van der Waals surface area (Å²) in [5.74, 6) is 0. The lowest BCUT2D eigenvalue weighted by molar-refractivity contribution is 0.156. The quantitative estimate of drug-likeness (QED) is 0.792. The second-order valence-electron chi connectivity index (χ2n) is 5.83. The maximum absolute atomic E-state index is 9.26. The molecule has 17 heavy (non-hydrogen) atoms. The Morgan fingerprint density at radius 2 is 1.94 bits per heavy atom. The monoisotopic (exact) mass is 240 g/mol. The Labute approximate surface area is 106 Å². The van der Waals surface area contributed by atoms with Gasteiger partial charge in [0.05, 0.1) is 6.10 Å². The topological polar surface area (TPSA) is 26.7 Å². The number of hydrogen-bond donors (Lipinski definition) is 1. The second-order valence-corrected chi connectivity index (χ2v) is 5.83. The summed E-state index contributed by atoms with van der Waals surface area (Å²) in [4.78, 5) is 5.29. The van der Waals surface area contributed by atoms with Crippen molar-refractivity contribution in [1.82, 2.24) is 9.80 Å². The van der Waals surface area contributed by atoms with Crippen molar-refractivity contribution >= 4 is 0 Å². The van der Waals surface area contributed by atoms with E-state index in [0.29, 0.717) is 0 Å². The van der Waals surface area contributed by atoms with Gasteiger partial charge in [-0.05, 0) is 65.2 Å². The predicted molar refractivity (Wildman–Crippen MR) is 71.2 cm³/mol. The van der Waals surface area contributed by atoms with Crippen LogP contribution in [0.2, 0.25) is 0 Å². The Morgan fingerprint density at radius 3 is 2.65 bits per heavy atom. The molecule has 0 amide bonds. The number of piperidine rings is 1. The Morgan fingerprint density at radius 1 is 1.18 bits per heavy atom. The van der Waals surface area contributed by atoms with E-state index in [1.165, 1.54) is 58.4 Å². The SMILES string of the molecule is CC(O)CCCN1CCC(N2CCCCC2)C1. The van der Waals surface area contributed by atoms with Crippen molar-refractivity contribution in [3.8, 4) is 0 Å². The summed E-state index contributed by atoms with van der Waals surface area (Å²) < 4.78 is 0. The zero-order valence-electron chi connectivity index (χ0n) is 11.3. The van der Waals surface area contributed by atoms with Crippen LogP contribution < -0.4 is 0 Å². The van der Waals surface area contributed by atoms with Crippen LogP contribution >= 0.6 is 0 Å². The minimum Gasteiger partial charge on any atom is -0.393 e. The van der Waals surface area contributed by atoms with E-state index in [2.05, 4.69) is 9.80 Å². The highest BCUT2D eigenvalue weighted by Crippen LogP contribution is 2.20. The van der Waals surface area contributed by atoms with Crippen LogP contribution in [0.3, 0.4) is 0 Å². The maximum Gasteiger partial charge on any atom is 0.0512 e. The maximum atomic E-state index is 9.26. The lowest BCUT2D eigenvalue weighted by atomic mass is 10.1. The van der Waals surface area contributed by atoms with Crippen molar-refractivity contribution < 1.29 is 5.11 Å². The highest BCUT2D eigenvalue weighted by Gasteiger charge is 2.27. The highest BCUT2D eigenvalue weighted by molar-refractivity contribution is 4.84. The fraction of sp³-hybridized carbons (Fsp3) is 1.00. The first-order valence-corrected chi connectivity index (χ1v) is 7.40. The Hall–Kier alpha value is -0.120. The molecule has 2 fully saturated rings. The van der Waals surface area contributed by atoms with Gasteiger partial charge < -0.3 is 10.0 Å². The molecule has 2 saturated heterocycles. The summed E-state index contributed by atoms with van der Waals surface area (Å²) in [5.41, 5.74) is 0. The van der Waals surface area contributed by atoms with E-state index in [0.717, 1.165) is 18.9 Å². The standard InChI is InChI=1S/C14H28N2O/c1-13(17)6-5-8-15-11-7-14(12-15)16-9-3-2-4-10-16/h13-14,17H,2-12H2,1H3. The van der Waals surface area contributed by atoms with E-state index in [1.807, 2.05) is 6.92 Å². The molecule has 0 aromatic heterocycles. The number of nitrogens with zero attached hydrogens (tertiary/aromatic N) is 2. The molecule has 1 N–H and O–H groups in total. The molecule has 2 unspecified atom stereocenters. The Balaban J connectivity index is 1.64. The first-order valence-electron chi connectivity index (χ1n) is 7.40. The minimum atomic E-state index is -0.129. The summed E-state index contributed by atoms with van der Waals surface area (Å²) in [6.45, 7) is 8.24. The molecule has 100 valence electrons. The van der Waals surface area contributed by atoms with Crippen molar-refractivity contribution in [2.45, 2.75) is 57.6 Å². The van der Waals surface area contributed by atoms with Crippen LogP contribution in [-0.4, -0.2) is 59.8 Å². The molecule has 2 aliphatic heterocycles. The molecule has 0 spiro atoms. The fourth-order valence-electron chi connectivity index (χ4n) is 3.21. The van der Waals surface area contributed by atoms with Gasteiger partial charge in [0.2, 0.25) is 0 Å². The zero-order chi connectivity index (χ0) is 12.1. The summed E-state index contributed by atoms with van der Waals surface area (Å²) in [7, 11) is 0. The molecule has 2 heterocycles. The summed E-state index contributed by atoms with van der Waals surface area (Å²) in [6, 6.07) is 0.821. The normalized spacial score (nSPS) is 29.6. The molecule has 0 bridgehead atoms. The average molecular weight is 240 g/mol. The Bertz CT molecular complexity index is 214. The highest BCUT2D eigenvalue weighted by atomic mass is 16.3. The Kier molecular flexibility index (Phi) is 5.26. The molecule has 0 radical (unpaired) electrons. The van der Waals surface area contributed by atoms with Crippen LogP contribution in [-0.2, 0) is 0 Å². The van der Waals surface area contributed by atoms with Crippen LogP contribution in [0.1, 0.15) is 45.4 Å². The van der Waals surface area contributed by atoms with E-state index in [-0.39, 0.29) is 6.10 Å². The third kappa shape index (κ3) is 4.23. The van der Waals surface area contributed by atoms with Gasteiger partial charge in [0.25, 0.3) is 0 Å². The van der Waals surface area contributed by atoms with Crippen molar-refractivity contribution in [3.63, 3.8) is 0 Å². The predicted octanol–water partition coefficient (Wildman–Crippen LogP) is 1.71. The molecule has 2 atom stereocenters. The molecule has 0 aromatic rings. The molecular formula is C14H28N2O. The van der Waals surface area contributed by atoms with Gasteiger partial charge in [-0.2, -0.15) is 0 Å². The lowest BCUT2D eigenvalue weighted by Gasteiger charge is -2.32. The van der Waals surface area contributed by atoms with Gasteiger partial charge in [-0.1, -0.05) is 6.42 Å². The van der Waals surface area contributed by atoms with Gasteiger partial charge >= 0.3 is 0 Å². The van der Waals surface area contributed by atoms with Crippen molar-refractivity contribution in [3.05, 3.63) is 0 Å². The van der Waals surface area contributed by atoms with Crippen LogP contribution in [0.25, 0.3) is 0 Å². The average Bonchev–Trinajstić information content (AvgIpc) is 2.78. The van der Waals surface area contributed by atoms with Gasteiger partial charge in [-0.25, -0.2) is 0 Å². The summed E-state index contributed by atoms with van der Waals surface area (Å²) >= 11 is 0. The number of likely N-dealkylation sites (tertiary alicyclic amines) is 2. The van der Waals surface area contributed by atoms with Crippen LogP contribution in [0.15, 0.2) is 0 Å². The van der Waals surface area contributed by atoms with E-state index >= 15 is 0 Å². The van der Waals surface area contributed by atoms with Gasteiger partial charge in [-0.3, -0.25) is 4.90 Å². The lowest BCUT2D eigenvalue weighted by Crippen LogP contribution is -2.40. The van der Waals surface area contributed by atoms with Gasteiger partial charge in [-0.15, -0.1) is 0 Å². The molecule has 0 aromatic carbocycles. The van der Waals surface area contributed by atoms with Crippen molar-refractivity contribution in [1.29, 1.82) is 0 Å². The molecule has 2 rings (SSSR count). The first-order chi connectivity index (χ1) is 8.25. The smallest absolute Gasteiger partial charge is 0.0512 e. The largest absolute Gasteiger partial charge is 0.393 e. The van der Waals surface area contributed by atoms with Crippen LogP contribution in [0.4, 0.5) is 0 Å². The molecule has 0 saturated carbocycles. The molecule has 0 aliphatic carbocycles. The second kappa shape index (κ2) is 6.72. The fourth-order valence-corrected chi connectivity index (χ4v) is 3.21. The molecular weight excluding hydrogens is 212 g/mol. The third-order valence-electron chi connectivity index (χ3n) is 4.25. The van der Waals surface area contributed by atoms with E-state index in [9.17, 15) is 5.11 Å². The molecule has 3 heteroatoms. The number of aliphatic hydroxyl groups is 1. The van der Waals surface area contributed by atoms with Crippen LogP contribution in [0, 0.1) is 0 Å². The van der Waals surface area contributed by atoms with Gasteiger partial charge in [0, 0.05) is 12.6 Å². The molecule has 3 nitrogen and oxygen atoms in total. The van der Waals surface area contributed by atoms with E-state index in [4.69, 9.17) is 0 Å². The number of hydrogen-bond acceptors (Lipinski definition) is 3. The van der Waals surface area contributed by atoms with E-state index in [1.54, 1.807) is 0 Å². The van der Waals surface area contributed by atoms with E-state index < -0.39 is 0 Å². The molecule has 2 aliphatic rings. The summed E-state index contributed by atoms with van der Waals surface area (Å²) in [5, 5.41) is 9.26. The van der Waals surface area contributed by atoms with Crippen molar-refractivity contribution in [2.75, 3.05) is 32.7 Å². The first kappa shape index (κ1) is 13.3. The summed E-state index contributed by atoms with van der Waals surface area (Å²) in [6.07, 6.45) is 7.55.